The highest BCUT2D eigenvalue weighted by Crippen LogP contribution is 2.38. The Hall–Kier alpha value is -3.66. The molecule has 0 bridgehead atoms. The summed E-state index contributed by atoms with van der Waals surface area (Å²) in [6.45, 7) is 2.03. The number of nitrogens with one attached hydrogen (secondary N) is 1. The van der Waals surface area contributed by atoms with Crippen LogP contribution in [0.2, 0.25) is 0 Å². The van der Waals surface area contributed by atoms with E-state index in [-0.39, 0.29) is 11.8 Å². The number of aromatic nitrogens is 1. The van der Waals surface area contributed by atoms with Crippen molar-refractivity contribution in [1.82, 2.24) is 5.16 Å². The molecule has 5 rings (SSSR count). The molecule has 0 saturated carbocycles. The molecule has 0 fully saturated rings. The molecular weight excluding hydrogens is 384 g/mol. The molecule has 0 spiro atoms. The average molecular weight is 409 g/mol. The Bertz CT molecular complexity index is 1210. The minimum atomic E-state index is -0.165. The van der Waals surface area contributed by atoms with Crippen molar-refractivity contribution in [3.63, 3.8) is 0 Å². The molecule has 0 unspecified atom stereocenters. The van der Waals surface area contributed by atoms with Crippen LogP contribution in [-0.4, -0.2) is 11.1 Å². The van der Waals surface area contributed by atoms with Gasteiger partial charge in [-0.1, -0.05) is 66.7 Å². The van der Waals surface area contributed by atoms with E-state index in [0.29, 0.717) is 0 Å². The molecule has 0 radical (unpaired) electrons. The zero-order chi connectivity index (χ0) is 21.2. The van der Waals surface area contributed by atoms with Gasteiger partial charge in [0.2, 0.25) is 5.91 Å². The molecule has 4 aromatic rings. The number of hydrogen-bond acceptors (Lipinski definition) is 3. The van der Waals surface area contributed by atoms with E-state index in [9.17, 15) is 4.79 Å². The number of anilines is 1. The van der Waals surface area contributed by atoms with Crippen LogP contribution < -0.4 is 5.32 Å². The summed E-state index contributed by atoms with van der Waals surface area (Å²) in [5.41, 5.74) is 7.37. The van der Waals surface area contributed by atoms with Crippen LogP contribution >= 0.6 is 0 Å². The minimum Gasteiger partial charge on any atom is -0.355 e. The monoisotopic (exact) mass is 408 g/mol. The lowest BCUT2D eigenvalue weighted by Gasteiger charge is -2.16. The van der Waals surface area contributed by atoms with Crippen molar-refractivity contribution in [2.45, 2.75) is 32.1 Å². The first kappa shape index (κ1) is 19.3. The summed E-state index contributed by atoms with van der Waals surface area (Å²) in [7, 11) is 0. The van der Waals surface area contributed by atoms with Crippen LogP contribution in [0.1, 0.15) is 36.0 Å². The lowest BCUT2D eigenvalue weighted by molar-refractivity contribution is -0.117. The first-order valence-corrected chi connectivity index (χ1v) is 10.8. The number of amides is 1. The lowest BCUT2D eigenvalue weighted by Crippen LogP contribution is -2.20. The number of fused-ring (bicyclic) bond motifs is 3. The predicted octanol–water partition coefficient (Wildman–Crippen LogP) is 6.24. The Morgan fingerprint density at radius 3 is 2.48 bits per heavy atom. The second-order valence-electron chi connectivity index (χ2n) is 7.93. The molecule has 4 nitrogen and oxygen atoms in total. The Morgan fingerprint density at radius 2 is 1.71 bits per heavy atom. The highest BCUT2D eigenvalue weighted by molar-refractivity contribution is 5.96. The highest BCUT2D eigenvalue weighted by atomic mass is 16.5. The molecule has 154 valence electrons. The van der Waals surface area contributed by atoms with Gasteiger partial charge >= 0.3 is 0 Å². The molecule has 0 aliphatic heterocycles. The van der Waals surface area contributed by atoms with Gasteiger partial charge < -0.3 is 9.84 Å². The van der Waals surface area contributed by atoms with Gasteiger partial charge in [0.1, 0.15) is 5.69 Å². The van der Waals surface area contributed by atoms with E-state index in [0.717, 1.165) is 58.7 Å². The molecule has 1 amide bonds. The molecule has 1 atom stereocenters. The second-order valence-corrected chi connectivity index (χ2v) is 7.93. The SMILES string of the molecule is CC[C@H](C(=O)Nc1ccc(-c2onc3c2CCc2ccccc2-3)cc1)c1ccccc1. The van der Waals surface area contributed by atoms with E-state index in [1.807, 2.05) is 67.6 Å². The van der Waals surface area contributed by atoms with Crippen molar-refractivity contribution in [1.29, 1.82) is 0 Å². The zero-order valence-corrected chi connectivity index (χ0v) is 17.5. The fraction of sp³-hybridized carbons (Fsp3) is 0.185. The van der Waals surface area contributed by atoms with Gasteiger partial charge in [0.05, 0.1) is 5.92 Å². The van der Waals surface area contributed by atoms with Crippen molar-refractivity contribution in [2.75, 3.05) is 5.32 Å². The van der Waals surface area contributed by atoms with Gasteiger partial charge in [-0.2, -0.15) is 0 Å². The van der Waals surface area contributed by atoms with E-state index >= 15 is 0 Å². The van der Waals surface area contributed by atoms with Crippen molar-refractivity contribution < 1.29 is 9.32 Å². The molecule has 31 heavy (non-hydrogen) atoms. The summed E-state index contributed by atoms with van der Waals surface area (Å²) in [4.78, 5) is 12.8. The number of rotatable bonds is 5. The molecule has 1 aliphatic rings. The van der Waals surface area contributed by atoms with Crippen molar-refractivity contribution in [2.24, 2.45) is 0 Å². The number of nitrogens with zero attached hydrogens (tertiary/aromatic N) is 1. The molecule has 3 aromatic carbocycles. The van der Waals surface area contributed by atoms with Crippen LogP contribution in [0.15, 0.2) is 83.4 Å². The third-order valence-electron chi connectivity index (χ3n) is 6.05. The molecule has 1 N–H and O–H groups in total. The number of carbonyl (C=O) groups is 1. The van der Waals surface area contributed by atoms with Crippen LogP contribution in [-0.2, 0) is 17.6 Å². The van der Waals surface area contributed by atoms with Gasteiger partial charge in [-0.05, 0) is 54.7 Å². The smallest absolute Gasteiger partial charge is 0.231 e. The molecular formula is C27H24N2O2. The Morgan fingerprint density at radius 1 is 0.968 bits per heavy atom. The lowest BCUT2D eigenvalue weighted by atomic mass is 9.88. The van der Waals surface area contributed by atoms with Crippen molar-refractivity contribution in [3.8, 4) is 22.6 Å². The largest absolute Gasteiger partial charge is 0.355 e. The van der Waals surface area contributed by atoms with Crippen LogP contribution in [0.3, 0.4) is 0 Å². The quantitative estimate of drug-likeness (QED) is 0.425. The van der Waals surface area contributed by atoms with Crippen LogP contribution in [0, 0.1) is 0 Å². The van der Waals surface area contributed by atoms with Gasteiger partial charge in [-0.15, -0.1) is 0 Å². The predicted molar refractivity (Wildman–Crippen MR) is 123 cm³/mol. The average Bonchev–Trinajstić information content (AvgIpc) is 3.25. The van der Waals surface area contributed by atoms with Crippen molar-refractivity contribution >= 4 is 11.6 Å². The summed E-state index contributed by atoms with van der Waals surface area (Å²) in [5, 5.41) is 7.42. The summed E-state index contributed by atoms with van der Waals surface area (Å²) in [6.07, 6.45) is 2.65. The standard InChI is InChI=1S/C27H24N2O2/c1-2-22(18-8-4-3-5-9-18)27(30)28-21-15-12-20(13-16-21)26-24-17-14-19-10-6-7-11-23(19)25(24)29-31-26/h3-13,15-16,22H,2,14,17H2,1H3,(H,28,30)/t22-/m0/s1. The number of carbonyl (C=O) groups excluding carboxylic acids is 1. The zero-order valence-electron chi connectivity index (χ0n) is 17.5. The first-order chi connectivity index (χ1) is 15.2. The van der Waals surface area contributed by atoms with Gasteiger partial charge in [0.25, 0.3) is 0 Å². The van der Waals surface area contributed by atoms with E-state index in [1.165, 1.54) is 5.56 Å². The first-order valence-electron chi connectivity index (χ1n) is 10.8. The molecule has 0 saturated heterocycles. The maximum absolute atomic E-state index is 12.8. The fourth-order valence-corrected chi connectivity index (χ4v) is 4.40. The van der Waals surface area contributed by atoms with E-state index in [4.69, 9.17) is 4.52 Å². The topological polar surface area (TPSA) is 55.1 Å². The minimum absolute atomic E-state index is 0.00935. The number of benzene rings is 3. The summed E-state index contributed by atoms with van der Waals surface area (Å²) in [5.74, 6) is 0.662. The van der Waals surface area contributed by atoms with Crippen LogP contribution in [0.25, 0.3) is 22.6 Å². The summed E-state index contributed by atoms with van der Waals surface area (Å²) >= 11 is 0. The normalized spacial score (nSPS) is 13.2. The Labute approximate surface area is 181 Å². The Balaban J connectivity index is 1.36. The molecule has 4 heteroatoms. The summed E-state index contributed by atoms with van der Waals surface area (Å²) < 4.78 is 5.76. The third-order valence-corrected chi connectivity index (χ3v) is 6.05. The maximum atomic E-state index is 12.8. The van der Waals surface area contributed by atoms with E-state index in [2.05, 4.69) is 28.7 Å². The van der Waals surface area contributed by atoms with E-state index in [1.54, 1.807) is 0 Å². The van der Waals surface area contributed by atoms with Gasteiger partial charge in [-0.25, -0.2) is 0 Å². The van der Waals surface area contributed by atoms with Gasteiger partial charge in [0.15, 0.2) is 5.76 Å². The summed E-state index contributed by atoms with van der Waals surface area (Å²) in [6, 6.07) is 26.1. The number of aryl methyl sites for hydroxylation is 1. The van der Waals surface area contributed by atoms with E-state index < -0.39 is 0 Å². The van der Waals surface area contributed by atoms with Crippen LogP contribution in [0.4, 0.5) is 5.69 Å². The fourth-order valence-electron chi connectivity index (χ4n) is 4.40. The van der Waals surface area contributed by atoms with Gasteiger partial charge in [0, 0.05) is 22.4 Å². The molecule has 1 aliphatic carbocycles. The molecule has 1 heterocycles. The molecule has 1 aromatic heterocycles. The van der Waals surface area contributed by atoms with Crippen molar-refractivity contribution in [3.05, 3.63) is 95.6 Å². The highest BCUT2D eigenvalue weighted by Gasteiger charge is 2.24. The maximum Gasteiger partial charge on any atom is 0.231 e. The second kappa shape index (κ2) is 8.23. The third kappa shape index (κ3) is 3.66. The van der Waals surface area contributed by atoms with Gasteiger partial charge in [-0.3, -0.25) is 4.79 Å². The Kier molecular flexibility index (Phi) is 5.13. The van der Waals surface area contributed by atoms with Crippen LogP contribution in [0.5, 0.6) is 0 Å². The number of hydrogen-bond donors (Lipinski definition) is 1.